The standard InChI is InChI=1S/C5H11NOS2/c1-3-8-6(5-7)9-4-2/h5H,3-4H2,1-2H3. The molecule has 0 saturated heterocycles. The molecule has 0 aromatic heterocycles. The second kappa shape index (κ2) is 6.29. The highest BCUT2D eigenvalue weighted by molar-refractivity contribution is 8.12. The van der Waals surface area contributed by atoms with Gasteiger partial charge in [-0.3, -0.25) is 4.79 Å². The van der Waals surface area contributed by atoms with Crippen LogP contribution in [0, 0.1) is 0 Å². The summed E-state index contributed by atoms with van der Waals surface area (Å²) in [6.07, 6.45) is 0.850. The van der Waals surface area contributed by atoms with E-state index in [1.54, 1.807) is 3.71 Å². The maximum absolute atomic E-state index is 10.2. The van der Waals surface area contributed by atoms with Crippen LogP contribution in [0.3, 0.4) is 0 Å². The molecule has 0 heterocycles. The Morgan fingerprint density at radius 1 is 1.33 bits per heavy atom. The maximum Gasteiger partial charge on any atom is 0.229 e. The lowest BCUT2D eigenvalue weighted by molar-refractivity contribution is -0.110. The van der Waals surface area contributed by atoms with Gasteiger partial charge in [0, 0.05) is 11.5 Å². The molecule has 0 fully saturated rings. The van der Waals surface area contributed by atoms with Gasteiger partial charge in [-0.15, -0.1) is 0 Å². The molecule has 54 valence electrons. The van der Waals surface area contributed by atoms with E-state index < -0.39 is 0 Å². The van der Waals surface area contributed by atoms with Gasteiger partial charge in [-0.25, -0.2) is 3.71 Å². The van der Waals surface area contributed by atoms with Crippen LogP contribution in [0.1, 0.15) is 13.8 Å². The van der Waals surface area contributed by atoms with E-state index in [0.717, 1.165) is 17.9 Å². The molecule has 2 nitrogen and oxygen atoms in total. The second-order valence-corrected chi connectivity index (χ2v) is 3.92. The van der Waals surface area contributed by atoms with Crippen LogP contribution in [0.2, 0.25) is 0 Å². The molecule has 4 heteroatoms. The molecule has 0 bridgehead atoms. The average molecular weight is 165 g/mol. The van der Waals surface area contributed by atoms with Gasteiger partial charge in [0.15, 0.2) is 0 Å². The largest absolute Gasteiger partial charge is 0.277 e. The summed E-state index contributed by atoms with van der Waals surface area (Å²) in [4.78, 5) is 10.2. The Morgan fingerprint density at radius 3 is 2.00 bits per heavy atom. The zero-order chi connectivity index (χ0) is 7.11. The topological polar surface area (TPSA) is 20.3 Å². The van der Waals surface area contributed by atoms with E-state index >= 15 is 0 Å². The van der Waals surface area contributed by atoms with Crippen molar-refractivity contribution in [3.63, 3.8) is 0 Å². The summed E-state index contributed by atoms with van der Waals surface area (Å²) in [6.45, 7) is 4.05. The summed E-state index contributed by atoms with van der Waals surface area (Å²) in [7, 11) is 0. The summed E-state index contributed by atoms with van der Waals surface area (Å²) in [5.41, 5.74) is 0. The molecule has 0 radical (unpaired) electrons. The summed E-state index contributed by atoms with van der Waals surface area (Å²) in [5, 5.41) is 0. The van der Waals surface area contributed by atoms with Crippen molar-refractivity contribution in [1.82, 2.24) is 3.71 Å². The van der Waals surface area contributed by atoms with Crippen LogP contribution in [0.15, 0.2) is 0 Å². The summed E-state index contributed by atoms with van der Waals surface area (Å²) in [5.74, 6) is 1.90. The molecule has 0 aromatic carbocycles. The number of hydrogen-bond donors (Lipinski definition) is 0. The van der Waals surface area contributed by atoms with Crippen LogP contribution in [0.4, 0.5) is 0 Å². The fourth-order valence-electron chi connectivity index (χ4n) is 0.353. The number of carbonyl (C=O) groups excluding carboxylic acids is 1. The maximum atomic E-state index is 10.2. The van der Waals surface area contributed by atoms with Crippen molar-refractivity contribution in [2.24, 2.45) is 0 Å². The van der Waals surface area contributed by atoms with E-state index in [-0.39, 0.29) is 0 Å². The lowest BCUT2D eigenvalue weighted by Crippen LogP contribution is -2.02. The van der Waals surface area contributed by atoms with Gasteiger partial charge < -0.3 is 0 Å². The molecule has 1 amide bonds. The van der Waals surface area contributed by atoms with Crippen LogP contribution in [0.5, 0.6) is 0 Å². The molecule has 0 aliphatic rings. The van der Waals surface area contributed by atoms with Crippen molar-refractivity contribution in [3.05, 3.63) is 0 Å². The Balaban J connectivity index is 3.29. The first-order chi connectivity index (χ1) is 4.35. The van der Waals surface area contributed by atoms with E-state index in [1.807, 2.05) is 13.8 Å². The van der Waals surface area contributed by atoms with Gasteiger partial charge in [0.25, 0.3) is 0 Å². The van der Waals surface area contributed by atoms with E-state index in [4.69, 9.17) is 0 Å². The fourth-order valence-corrected chi connectivity index (χ4v) is 1.91. The van der Waals surface area contributed by atoms with E-state index in [2.05, 4.69) is 0 Å². The molecule has 0 atom stereocenters. The van der Waals surface area contributed by atoms with Crippen LogP contribution >= 0.6 is 23.9 Å². The zero-order valence-electron chi connectivity index (χ0n) is 5.66. The normalized spacial score (nSPS) is 9.11. The minimum absolute atomic E-state index is 0.850. The number of hydrogen-bond acceptors (Lipinski definition) is 3. The summed E-state index contributed by atoms with van der Waals surface area (Å²) >= 11 is 3.06. The lowest BCUT2D eigenvalue weighted by atomic mass is 11.0. The first-order valence-electron chi connectivity index (χ1n) is 2.85. The Morgan fingerprint density at radius 2 is 1.78 bits per heavy atom. The zero-order valence-corrected chi connectivity index (χ0v) is 7.30. The van der Waals surface area contributed by atoms with E-state index in [1.165, 1.54) is 23.9 Å². The monoisotopic (exact) mass is 165 g/mol. The molecule has 0 N–H and O–H groups in total. The van der Waals surface area contributed by atoms with E-state index in [9.17, 15) is 4.79 Å². The fraction of sp³-hybridized carbons (Fsp3) is 0.800. The number of carbonyl (C=O) groups is 1. The van der Waals surface area contributed by atoms with Crippen molar-refractivity contribution in [3.8, 4) is 0 Å². The Labute approximate surface area is 64.6 Å². The smallest absolute Gasteiger partial charge is 0.229 e. The number of amides is 1. The third-order valence-corrected chi connectivity index (χ3v) is 2.43. The van der Waals surface area contributed by atoms with Crippen molar-refractivity contribution in [1.29, 1.82) is 0 Å². The Kier molecular flexibility index (Phi) is 6.41. The third kappa shape index (κ3) is 4.66. The van der Waals surface area contributed by atoms with Crippen molar-refractivity contribution >= 4 is 30.3 Å². The predicted octanol–water partition coefficient (Wildman–Crippen LogP) is 1.78. The minimum Gasteiger partial charge on any atom is -0.277 e. The van der Waals surface area contributed by atoms with Gasteiger partial charge in [-0.05, 0) is 23.9 Å². The van der Waals surface area contributed by atoms with Crippen LogP contribution in [0.25, 0.3) is 0 Å². The highest BCUT2D eigenvalue weighted by Crippen LogP contribution is 2.17. The molecular formula is C5H11NOS2. The van der Waals surface area contributed by atoms with Crippen LogP contribution < -0.4 is 0 Å². The van der Waals surface area contributed by atoms with Crippen molar-refractivity contribution in [2.75, 3.05) is 11.5 Å². The molecule has 0 rings (SSSR count). The molecule has 0 aliphatic heterocycles. The molecule has 0 aromatic rings. The summed E-state index contributed by atoms with van der Waals surface area (Å²) in [6, 6.07) is 0. The molecule has 0 unspecified atom stereocenters. The van der Waals surface area contributed by atoms with Gasteiger partial charge in [0.1, 0.15) is 0 Å². The highest BCUT2D eigenvalue weighted by Gasteiger charge is 1.97. The molecule has 0 aliphatic carbocycles. The van der Waals surface area contributed by atoms with Crippen LogP contribution in [-0.2, 0) is 4.79 Å². The molecule has 0 saturated carbocycles. The Bertz CT molecular complexity index is 73.4. The highest BCUT2D eigenvalue weighted by atomic mass is 32.2. The second-order valence-electron chi connectivity index (χ2n) is 1.23. The average Bonchev–Trinajstić information content (AvgIpc) is 1.88. The van der Waals surface area contributed by atoms with E-state index in [0.29, 0.717) is 0 Å². The Hall–Kier alpha value is 0.170. The van der Waals surface area contributed by atoms with Gasteiger partial charge in [0.05, 0.1) is 0 Å². The van der Waals surface area contributed by atoms with Gasteiger partial charge in [-0.1, -0.05) is 13.8 Å². The van der Waals surface area contributed by atoms with Gasteiger partial charge in [0.2, 0.25) is 6.41 Å². The van der Waals surface area contributed by atoms with Crippen molar-refractivity contribution in [2.45, 2.75) is 13.8 Å². The molecule has 9 heavy (non-hydrogen) atoms. The predicted molar refractivity (Wildman–Crippen MR) is 44.2 cm³/mol. The molecule has 0 spiro atoms. The van der Waals surface area contributed by atoms with Crippen LogP contribution in [-0.4, -0.2) is 21.6 Å². The summed E-state index contributed by atoms with van der Waals surface area (Å²) < 4.78 is 1.64. The first-order valence-corrected chi connectivity index (χ1v) is 4.74. The lowest BCUT2D eigenvalue weighted by Gasteiger charge is -2.10. The van der Waals surface area contributed by atoms with Crippen molar-refractivity contribution < 1.29 is 4.79 Å². The van der Waals surface area contributed by atoms with Gasteiger partial charge in [-0.2, -0.15) is 0 Å². The third-order valence-electron chi connectivity index (χ3n) is 0.599. The SMILES string of the molecule is CCSN(C=O)SCC. The number of rotatable bonds is 5. The molecular weight excluding hydrogens is 154 g/mol. The first kappa shape index (κ1) is 9.17. The number of nitrogens with zero attached hydrogens (tertiary/aromatic N) is 1. The minimum atomic E-state index is 0.850. The van der Waals surface area contributed by atoms with Gasteiger partial charge >= 0.3 is 0 Å². The quantitative estimate of drug-likeness (QED) is 0.457.